The van der Waals surface area contributed by atoms with Gasteiger partial charge in [0.15, 0.2) is 5.78 Å². The molecule has 3 aromatic heterocycles. The van der Waals surface area contributed by atoms with Crippen molar-refractivity contribution in [2.24, 2.45) is 0 Å². The number of carbonyl (C=O) groups is 1. The fraction of sp³-hybridized carbons (Fsp3) is 0.167. The van der Waals surface area contributed by atoms with Crippen molar-refractivity contribution in [3.63, 3.8) is 0 Å². The highest BCUT2D eigenvalue weighted by atomic mass is 16.1. The molecule has 22 heavy (non-hydrogen) atoms. The summed E-state index contributed by atoms with van der Waals surface area (Å²) in [6.45, 7) is 3.87. The van der Waals surface area contributed by atoms with Crippen molar-refractivity contribution in [2.75, 3.05) is 0 Å². The summed E-state index contributed by atoms with van der Waals surface area (Å²) in [5.74, 6) is 0.140. The van der Waals surface area contributed by atoms with Crippen LogP contribution in [0.2, 0.25) is 0 Å². The third-order valence-corrected chi connectivity index (χ3v) is 3.79. The predicted octanol–water partition coefficient (Wildman–Crippen LogP) is 4.04. The number of H-pyrrole nitrogens is 1. The lowest BCUT2D eigenvalue weighted by molar-refractivity contribution is 0.0988. The first-order valence-corrected chi connectivity index (χ1v) is 7.29. The number of hydrogen-bond acceptors (Lipinski definition) is 3. The van der Waals surface area contributed by atoms with Gasteiger partial charge in [-0.05, 0) is 36.8 Å². The molecule has 0 atom stereocenters. The standard InChI is InChI=1S/C18H17N3O/c1-3-15(22)16-12(2)17(13-4-8-19-9-5-13)21-18(16)14-6-10-20-11-7-14/h4-11,21H,3H2,1-2H3. The quantitative estimate of drug-likeness (QED) is 0.738. The minimum absolute atomic E-state index is 0.140. The number of nitrogens with zero attached hydrogens (tertiary/aromatic N) is 2. The van der Waals surface area contributed by atoms with E-state index in [1.165, 1.54) is 0 Å². The molecular weight excluding hydrogens is 274 g/mol. The lowest BCUT2D eigenvalue weighted by atomic mass is 9.99. The Hall–Kier alpha value is -2.75. The molecule has 1 N–H and O–H groups in total. The first kappa shape index (κ1) is 14.2. The third kappa shape index (κ3) is 2.44. The highest BCUT2D eigenvalue weighted by Gasteiger charge is 2.21. The third-order valence-electron chi connectivity index (χ3n) is 3.79. The molecule has 0 aliphatic heterocycles. The first-order chi connectivity index (χ1) is 10.7. The number of rotatable bonds is 4. The minimum atomic E-state index is 0.140. The molecule has 0 spiro atoms. The summed E-state index contributed by atoms with van der Waals surface area (Å²) in [6.07, 6.45) is 7.45. The van der Waals surface area contributed by atoms with Crippen LogP contribution in [0, 0.1) is 6.92 Å². The molecule has 0 bridgehead atoms. The van der Waals surface area contributed by atoms with Crippen LogP contribution in [0.3, 0.4) is 0 Å². The number of pyridine rings is 2. The van der Waals surface area contributed by atoms with Gasteiger partial charge in [-0.1, -0.05) is 6.92 Å². The lowest BCUT2D eigenvalue weighted by Crippen LogP contribution is -1.99. The average Bonchev–Trinajstić information content (AvgIpc) is 2.93. The molecule has 4 heteroatoms. The molecule has 0 aliphatic carbocycles. The van der Waals surface area contributed by atoms with Crippen LogP contribution in [-0.4, -0.2) is 20.7 Å². The van der Waals surface area contributed by atoms with Crippen LogP contribution >= 0.6 is 0 Å². The van der Waals surface area contributed by atoms with Crippen LogP contribution < -0.4 is 0 Å². The van der Waals surface area contributed by atoms with Gasteiger partial charge in [-0.3, -0.25) is 14.8 Å². The van der Waals surface area contributed by atoms with Gasteiger partial charge >= 0.3 is 0 Å². The van der Waals surface area contributed by atoms with Gasteiger partial charge in [-0.25, -0.2) is 0 Å². The van der Waals surface area contributed by atoms with Crippen LogP contribution in [-0.2, 0) is 0 Å². The average molecular weight is 291 g/mol. The monoisotopic (exact) mass is 291 g/mol. The molecule has 0 amide bonds. The van der Waals surface area contributed by atoms with E-state index in [0.29, 0.717) is 6.42 Å². The van der Waals surface area contributed by atoms with Crippen molar-refractivity contribution >= 4 is 5.78 Å². The summed E-state index contributed by atoms with van der Waals surface area (Å²) in [5.41, 5.74) is 5.56. The van der Waals surface area contributed by atoms with Crippen molar-refractivity contribution < 1.29 is 4.79 Å². The predicted molar refractivity (Wildman–Crippen MR) is 86.6 cm³/mol. The smallest absolute Gasteiger partial charge is 0.165 e. The maximum absolute atomic E-state index is 12.4. The molecule has 0 unspecified atom stereocenters. The SMILES string of the molecule is CCC(=O)c1c(-c2ccncc2)[nH]c(-c2ccncc2)c1C. The number of hydrogen-bond donors (Lipinski definition) is 1. The Balaban J connectivity index is 2.23. The van der Waals surface area contributed by atoms with Crippen molar-refractivity contribution in [3.8, 4) is 22.5 Å². The summed E-state index contributed by atoms with van der Waals surface area (Å²) in [5, 5.41) is 0. The molecule has 0 fully saturated rings. The van der Waals surface area contributed by atoms with E-state index < -0.39 is 0 Å². The highest BCUT2D eigenvalue weighted by molar-refractivity contribution is 6.04. The summed E-state index contributed by atoms with van der Waals surface area (Å²) >= 11 is 0. The van der Waals surface area contributed by atoms with Gasteiger partial charge in [0.1, 0.15) is 0 Å². The first-order valence-electron chi connectivity index (χ1n) is 7.29. The van der Waals surface area contributed by atoms with Crippen LogP contribution in [0.5, 0.6) is 0 Å². The van der Waals surface area contributed by atoms with Gasteiger partial charge in [0.2, 0.25) is 0 Å². The van der Waals surface area contributed by atoms with E-state index in [-0.39, 0.29) is 5.78 Å². The van der Waals surface area contributed by atoms with Gasteiger partial charge in [0, 0.05) is 53.6 Å². The van der Waals surface area contributed by atoms with E-state index in [4.69, 9.17) is 0 Å². The molecule has 3 rings (SSSR count). The fourth-order valence-electron chi connectivity index (χ4n) is 2.66. The topological polar surface area (TPSA) is 58.6 Å². The maximum Gasteiger partial charge on any atom is 0.165 e. The fourth-order valence-corrected chi connectivity index (χ4v) is 2.66. The number of ketones is 1. The number of aromatic nitrogens is 3. The number of Topliss-reactive ketones (excluding diaryl/α,β-unsaturated/α-hetero) is 1. The summed E-state index contributed by atoms with van der Waals surface area (Å²) in [7, 11) is 0. The summed E-state index contributed by atoms with van der Waals surface area (Å²) in [6, 6.07) is 7.70. The van der Waals surface area contributed by atoms with E-state index in [1.54, 1.807) is 24.8 Å². The summed E-state index contributed by atoms with van der Waals surface area (Å²) in [4.78, 5) is 23.9. The normalized spacial score (nSPS) is 10.6. The van der Waals surface area contributed by atoms with E-state index in [2.05, 4.69) is 15.0 Å². The largest absolute Gasteiger partial charge is 0.354 e. The Kier molecular flexibility index (Phi) is 3.83. The van der Waals surface area contributed by atoms with Crippen LogP contribution in [0.4, 0.5) is 0 Å². The van der Waals surface area contributed by atoms with Gasteiger partial charge < -0.3 is 4.98 Å². The van der Waals surface area contributed by atoms with E-state index in [0.717, 1.165) is 33.6 Å². The van der Waals surface area contributed by atoms with Crippen LogP contribution in [0.25, 0.3) is 22.5 Å². The summed E-state index contributed by atoms with van der Waals surface area (Å²) < 4.78 is 0. The van der Waals surface area contributed by atoms with Crippen molar-refractivity contribution in [1.82, 2.24) is 15.0 Å². The van der Waals surface area contributed by atoms with Crippen LogP contribution in [0.1, 0.15) is 29.3 Å². The van der Waals surface area contributed by atoms with Gasteiger partial charge in [-0.2, -0.15) is 0 Å². The lowest BCUT2D eigenvalue weighted by Gasteiger charge is -2.03. The zero-order chi connectivity index (χ0) is 15.5. The second-order valence-electron chi connectivity index (χ2n) is 5.12. The second-order valence-corrected chi connectivity index (χ2v) is 5.12. The van der Waals surface area contributed by atoms with E-state index >= 15 is 0 Å². The second kappa shape index (κ2) is 5.93. The molecular formula is C18H17N3O. The highest BCUT2D eigenvalue weighted by Crippen LogP contribution is 2.33. The number of nitrogens with one attached hydrogen (secondary N) is 1. The van der Waals surface area contributed by atoms with Crippen molar-refractivity contribution in [2.45, 2.75) is 20.3 Å². The molecule has 110 valence electrons. The van der Waals surface area contributed by atoms with Gasteiger partial charge in [0.05, 0.1) is 5.69 Å². The Bertz CT molecular complexity index is 792. The van der Waals surface area contributed by atoms with Crippen molar-refractivity contribution in [3.05, 3.63) is 60.2 Å². The molecule has 0 aliphatic rings. The zero-order valence-corrected chi connectivity index (χ0v) is 12.6. The Morgan fingerprint density at radius 2 is 1.45 bits per heavy atom. The van der Waals surface area contributed by atoms with E-state index in [1.807, 2.05) is 38.1 Å². The minimum Gasteiger partial charge on any atom is -0.354 e. The Labute approximate surface area is 129 Å². The Morgan fingerprint density at radius 1 is 0.955 bits per heavy atom. The van der Waals surface area contributed by atoms with Crippen molar-refractivity contribution in [1.29, 1.82) is 0 Å². The van der Waals surface area contributed by atoms with Crippen LogP contribution in [0.15, 0.2) is 49.1 Å². The molecule has 0 aromatic carbocycles. The molecule has 0 saturated carbocycles. The number of carbonyl (C=O) groups excluding carboxylic acids is 1. The maximum atomic E-state index is 12.4. The molecule has 3 aromatic rings. The molecule has 4 nitrogen and oxygen atoms in total. The molecule has 3 heterocycles. The number of aromatic amines is 1. The zero-order valence-electron chi connectivity index (χ0n) is 12.6. The van der Waals surface area contributed by atoms with Gasteiger partial charge in [-0.15, -0.1) is 0 Å². The Morgan fingerprint density at radius 3 is 1.95 bits per heavy atom. The molecule has 0 radical (unpaired) electrons. The molecule has 0 saturated heterocycles. The van der Waals surface area contributed by atoms with E-state index in [9.17, 15) is 4.79 Å². The van der Waals surface area contributed by atoms with Gasteiger partial charge in [0.25, 0.3) is 0 Å².